The van der Waals surface area contributed by atoms with Gasteiger partial charge in [-0.2, -0.15) is 0 Å². The van der Waals surface area contributed by atoms with Gasteiger partial charge in [0.25, 0.3) is 0 Å². The Hall–Kier alpha value is -2.68. The van der Waals surface area contributed by atoms with Crippen LogP contribution in [0.3, 0.4) is 0 Å². The number of benzene rings is 2. The number of rotatable bonds is 3. The Bertz CT molecular complexity index is 1320. The van der Waals surface area contributed by atoms with Crippen molar-refractivity contribution in [2.45, 2.75) is 77.0 Å². The lowest BCUT2D eigenvalue weighted by Gasteiger charge is -2.29. The van der Waals surface area contributed by atoms with Crippen LogP contribution in [0.25, 0.3) is 5.69 Å². The van der Waals surface area contributed by atoms with Gasteiger partial charge in [-0.25, -0.2) is 9.18 Å². The number of ether oxygens (including phenoxy) is 1. The molecule has 1 aliphatic carbocycles. The zero-order valence-electron chi connectivity index (χ0n) is 21.0. The SMILES string of the molecule is CC(C)(C)OC(=O)ON1Cc2cc(Cl)ccc2-n2c(nnc2[C@H]2CC[C@H](c3cccc(F)c3Cl)CC2)C1. The first kappa shape index (κ1) is 25.9. The van der Waals surface area contributed by atoms with Crippen LogP contribution in [0.2, 0.25) is 10.0 Å². The molecule has 1 aromatic heterocycles. The molecule has 0 unspecified atom stereocenters. The van der Waals surface area contributed by atoms with Gasteiger partial charge < -0.3 is 9.57 Å². The minimum Gasteiger partial charge on any atom is -0.427 e. The molecule has 2 aromatic carbocycles. The standard InChI is InChI=1S/C27H29Cl2FN4O3/c1-27(2,3)36-26(35)37-33-14-18-13-19(28)11-12-22(18)34-23(15-33)31-32-25(34)17-9-7-16(8-10-17)20-5-4-6-21(30)24(20)29/h4-6,11-13,16-17H,7-10,14-15H2,1-3H3/t16-,17-. The van der Waals surface area contributed by atoms with Gasteiger partial charge in [-0.05, 0) is 87.8 Å². The van der Waals surface area contributed by atoms with Crippen LogP contribution in [0.15, 0.2) is 36.4 Å². The summed E-state index contributed by atoms with van der Waals surface area (Å²) in [6, 6.07) is 10.7. The monoisotopic (exact) mass is 546 g/mol. The minimum atomic E-state index is -0.779. The average molecular weight is 547 g/mol. The van der Waals surface area contributed by atoms with Crippen LogP contribution < -0.4 is 0 Å². The largest absolute Gasteiger partial charge is 0.528 e. The van der Waals surface area contributed by atoms with Gasteiger partial charge in [-0.3, -0.25) is 4.57 Å². The quantitative estimate of drug-likeness (QED) is 0.320. The molecule has 1 aliphatic heterocycles. The second-order valence-electron chi connectivity index (χ2n) is 10.6. The molecule has 0 bridgehead atoms. The fourth-order valence-electron chi connectivity index (χ4n) is 5.20. The van der Waals surface area contributed by atoms with E-state index in [1.807, 2.05) is 24.3 Å². The summed E-state index contributed by atoms with van der Waals surface area (Å²) in [5, 5.41) is 11.4. The molecule has 7 nitrogen and oxygen atoms in total. The normalized spacial score (nSPS) is 20.1. The van der Waals surface area contributed by atoms with Crippen molar-refractivity contribution in [3.05, 3.63) is 75.0 Å². The van der Waals surface area contributed by atoms with E-state index in [1.165, 1.54) is 11.1 Å². The molecule has 196 valence electrons. The molecule has 0 atom stereocenters. The molecule has 3 aromatic rings. The highest BCUT2D eigenvalue weighted by atomic mass is 35.5. The third-order valence-corrected chi connectivity index (χ3v) is 7.44. The number of nitrogens with zero attached hydrogens (tertiary/aromatic N) is 4. The van der Waals surface area contributed by atoms with Gasteiger partial charge in [0.05, 0.1) is 23.8 Å². The van der Waals surface area contributed by atoms with Crippen molar-refractivity contribution < 1.29 is 18.8 Å². The lowest BCUT2D eigenvalue weighted by molar-refractivity contribution is -0.155. The van der Waals surface area contributed by atoms with E-state index in [4.69, 9.17) is 32.8 Å². The molecular formula is C27H29Cl2FN4O3. The first-order valence-corrected chi connectivity index (χ1v) is 13.2. The van der Waals surface area contributed by atoms with Crippen LogP contribution in [0.5, 0.6) is 0 Å². The number of carbonyl (C=O) groups is 1. The van der Waals surface area contributed by atoms with E-state index in [0.717, 1.165) is 48.3 Å². The van der Waals surface area contributed by atoms with Crippen LogP contribution in [0.4, 0.5) is 9.18 Å². The zero-order chi connectivity index (χ0) is 26.3. The van der Waals surface area contributed by atoms with Gasteiger partial charge in [0.1, 0.15) is 17.2 Å². The van der Waals surface area contributed by atoms with Crippen molar-refractivity contribution >= 4 is 29.4 Å². The van der Waals surface area contributed by atoms with Crippen molar-refractivity contribution in [1.29, 1.82) is 0 Å². The molecule has 0 saturated heterocycles. The molecule has 0 spiro atoms. The highest BCUT2D eigenvalue weighted by Crippen LogP contribution is 2.43. The Balaban J connectivity index is 1.40. The average Bonchev–Trinajstić information content (AvgIpc) is 3.16. The first-order chi connectivity index (χ1) is 17.6. The Kier molecular flexibility index (Phi) is 7.18. The Labute approximate surface area is 225 Å². The Morgan fingerprint density at radius 2 is 1.76 bits per heavy atom. The van der Waals surface area contributed by atoms with Crippen molar-refractivity contribution in [2.24, 2.45) is 0 Å². The van der Waals surface area contributed by atoms with Gasteiger partial charge in [0, 0.05) is 10.9 Å². The van der Waals surface area contributed by atoms with Crippen molar-refractivity contribution in [3.8, 4) is 5.69 Å². The van der Waals surface area contributed by atoms with Gasteiger partial charge >= 0.3 is 6.16 Å². The maximum absolute atomic E-state index is 14.0. The molecule has 0 radical (unpaired) electrons. The van der Waals surface area contributed by atoms with E-state index in [1.54, 1.807) is 26.8 Å². The van der Waals surface area contributed by atoms with Crippen molar-refractivity contribution in [2.75, 3.05) is 0 Å². The Morgan fingerprint density at radius 1 is 1.03 bits per heavy atom. The lowest BCUT2D eigenvalue weighted by atomic mass is 9.78. The number of halogens is 3. The summed E-state index contributed by atoms with van der Waals surface area (Å²) in [6.45, 7) is 5.92. The number of fused-ring (bicyclic) bond motifs is 3. The summed E-state index contributed by atoms with van der Waals surface area (Å²) < 4.78 is 21.4. The summed E-state index contributed by atoms with van der Waals surface area (Å²) in [5.74, 6) is 1.52. The van der Waals surface area contributed by atoms with Crippen LogP contribution in [-0.2, 0) is 22.7 Å². The summed E-state index contributed by atoms with van der Waals surface area (Å²) in [4.78, 5) is 17.9. The molecule has 0 amide bonds. The molecule has 37 heavy (non-hydrogen) atoms. The van der Waals surface area contributed by atoms with Crippen LogP contribution >= 0.6 is 23.2 Å². The molecular weight excluding hydrogens is 518 g/mol. The topological polar surface area (TPSA) is 69.5 Å². The number of hydrogen-bond donors (Lipinski definition) is 0. The van der Waals surface area contributed by atoms with E-state index in [2.05, 4.69) is 14.8 Å². The first-order valence-electron chi connectivity index (χ1n) is 12.4. The molecule has 2 heterocycles. The highest BCUT2D eigenvalue weighted by molar-refractivity contribution is 6.31. The third-order valence-electron chi connectivity index (χ3n) is 6.81. The lowest BCUT2D eigenvalue weighted by Crippen LogP contribution is -2.31. The maximum atomic E-state index is 14.0. The number of carbonyl (C=O) groups excluding carboxylic acids is 1. The Morgan fingerprint density at radius 3 is 2.49 bits per heavy atom. The molecule has 1 fully saturated rings. The number of hydrogen-bond acceptors (Lipinski definition) is 6. The number of hydroxylamine groups is 2. The van der Waals surface area contributed by atoms with Gasteiger partial charge in [-0.15, -0.1) is 15.3 Å². The van der Waals surface area contributed by atoms with Gasteiger partial charge in [0.2, 0.25) is 0 Å². The zero-order valence-corrected chi connectivity index (χ0v) is 22.5. The fourth-order valence-corrected chi connectivity index (χ4v) is 5.67. The van der Waals surface area contributed by atoms with E-state index in [9.17, 15) is 9.18 Å². The second kappa shape index (κ2) is 10.2. The van der Waals surface area contributed by atoms with Gasteiger partial charge in [-0.1, -0.05) is 35.3 Å². The number of aromatic nitrogens is 3. The molecule has 1 saturated carbocycles. The van der Waals surface area contributed by atoms with Gasteiger partial charge in [0.15, 0.2) is 5.82 Å². The van der Waals surface area contributed by atoms with Crippen molar-refractivity contribution in [1.82, 2.24) is 19.8 Å². The summed E-state index contributed by atoms with van der Waals surface area (Å²) in [7, 11) is 0. The molecule has 0 N–H and O–H groups in total. The van der Waals surface area contributed by atoms with Crippen LogP contribution in [-0.4, -0.2) is 31.6 Å². The predicted octanol–water partition coefficient (Wildman–Crippen LogP) is 7.34. The molecule has 5 rings (SSSR count). The molecule has 2 aliphatic rings. The van der Waals surface area contributed by atoms with E-state index in [0.29, 0.717) is 17.4 Å². The van der Waals surface area contributed by atoms with E-state index in [-0.39, 0.29) is 29.2 Å². The smallest absolute Gasteiger partial charge is 0.427 e. The second-order valence-corrected chi connectivity index (χ2v) is 11.4. The molecule has 10 heteroatoms. The minimum absolute atomic E-state index is 0.173. The third kappa shape index (κ3) is 5.61. The highest BCUT2D eigenvalue weighted by Gasteiger charge is 2.33. The van der Waals surface area contributed by atoms with E-state index < -0.39 is 11.8 Å². The summed E-state index contributed by atoms with van der Waals surface area (Å²) >= 11 is 12.6. The van der Waals surface area contributed by atoms with Crippen LogP contribution in [0, 0.1) is 5.82 Å². The fraction of sp³-hybridized carbons (Fsp3) is 0.444. The van der Waals surface area contributed by atoms with E-state index >= 15 is 0 Å². The summed E-state index contributed by atoms with van der Waals surface area (Å²) in [5.41, 5.74) is 1.99. The van der Waals surface area contributed by atoms with Crippen molar-refractivity contribution in [3.63, 3.8) is 0 Å². The summed E-state index contributed by atoms with van der Waals surface area (Å²) in [6.07, 6.45) is 2.71. The maximum Gasteiger partial charge on any atom is 0.528 e. The predicted molar refractivity (Wildman–Crippen MR) is 138 cm³/mol. The van der Waals surface area contributed by atoms with Crippen LogP contribution in [0.1, 0.15) is 81.1 Å².